The van der Waals surface area contributed by atoms with Crippen molar-refractivity contribution in [1.29, 1.82) is 0 Å². The van der Waals surface area contributed by atoms with Crippen LogP contribution >= 0.6 is 0 Å². The van der Waals surface area contributed by atoms with Crippen LogP contribution in [0.4, 0.5) is 0 Å². The van der Waals surface area contributed by atoms with E-state index in [4.69, 9.17) is 9.47 Å². The van der Waals surface area contributed by atoms with Crippen molar-refractivity contribution in [3.05, 3.63) is 0 Å². The minimum atomic E-state index is 0.211. The highest BCUT2D eigenvalue weighted by Crippen LogP contribution is 2.08. The van der Waals surface area contributed by atoms with Crippen LogP contribution < -0.4 is 0 Å². The van der Waals surface area contributed by atoms with Crippen molar-refractivity contribution in [2.75, 3.05) is 13.2 Å². The number of hydrogen-bond donors (Lipinski definition) is 0. The summed E-state index contributed by atoms with van der Waals surface area (Å²) < 4.78 is 10.5. The van der Waals surface area contributed by atoms with E-state index in [0.29, 0.717) is 6.61 Å². The van der Waals surface area contributed by atoms with E-state index >= 15 is 0 Å². The zero-order valence-electron chi connectivity index (χ0n) is 7.64. The molecule has 1 saturated heterocycles. The standard InChI is InChI=1S/C10H16O2/c1-2-3-4-8-12-10-6-5-7-11-9-10/h10H,2-3,5-7,9H2,1H3. The normalized spacial score (nSPS) is 22.6. The predicted octanol–water partition coefficient (Wildman–Crippen LogP) is 1.94. The van der Waals surface area contributed by atoms with Gasteiger partial charge in [0.2, 0.25) is 0 Å². The summed E-state index contributed by atoms with van der Waals surface area (Å²) in [6.45, 7) is 3.70. The van der Waals surface area contributed by atoms with Crippen LogP contribution in [0.1, 0.15) is 32.6 Å². The third-order valence-electron chi connectivity index (χ3n) is 1.79. The molecule has 1 aliphatic rings. The second-order valence-corrected chi connectivity index (χ2v) is 2.99. The van der Waals surface area contributed by atoms with Gasteiger partial charge in [-0.1, -0.05) is 12.8 Å². The van der Waals surface area contributed by atoms with E-state index in [1.165, 1.54) is 0 Å². The summed E-state index contributed by atoms with van der Waals surface area (Å²) in [5.41, 5.74) is 0. The fourth-order valence-electron chi connectivity index (χ4n) is 1.11. The maximum absolute atomic E-state index is 5.30. The molecule has 1 unspecified atom stereocenters. The topological polar surface area (TPSA) is 18.5 Å². The van der Waals surface area contributed by atoms with Crippen molar-refractivity contribution >= 4 is 0 Å². The van der Waals surface area contributed by atoms with E-state index in [1.807, 2.05) is 0 Å². The first-order valence-electron chi connectivity index (χ1n) is 4.64. The molecule has 0 aromatic heterocycles. The first kappa shape index (κ1) is 9.41. The molecule has 1 rings (SSSR count). The Morgan fingerprint density at radius 3 is 3.17 bits per heavy atom. The summed E-state index contributed by atoms with van der Waals surface area (Å²) >= 11 is 0. The van der Waals surface area contributed by atoms with Gasteiger partial charge < -0.3 is 9.47 Å². The fraction of sp³-hybridized carbons (Fsp3) is 0.800. The van der Waals surface area contributed by atoms with Crippen molar-refractivity contribution in [3.63, 3.8) is 0 Å². The third kappa shape index (κ3) is 3.64. The van der Waals surface area contributed by atoms with Gasteiger partial charge in [-0.3, -0.25) is 0 Å². The molecule has 0 saturated carbocycles. The fourth-order valence-corrected chi connectivity index (χ4v) is 1.11. The van der Waals surface area contributed by atoms with Crippen LogP contribution in [0.5, 0.6) is 0 Å². The Morgan fingerprint density at radius 1 is 1.58 bits per heavy atom. The lowest BCUT2D eigenvalue weighted by Gasteiger charge is -2.19. The number of hydrogen-bond acceptors (Lipinski definition) is 2. The Balaban J connectivity index is 2.09. The van der Waals surface area contributed by atoms with Gasteiger partial charge in [-0.05, 0) is 19.3 Å². The average Bonchev–Trinajstić information content (AvgIpc) is 2.14. The second kappa shape index (κ2) is 5.91. The Hall–Kier alpha value is -0.680. The van der Waals surface area contributed by atoms with Gasteiger partial charge in [0.1, 0.15) is 12.2 Å². The van der Waals surface area contributed by atoms with E-state index < -0.39 is 0 Å². The molecule has 12 heavy (non-hydrogen) atoms. The maximum Gasteiger partial charge on any atom is 0.134 e. The molecule has 1 heterocycles. The molecule has 2 heteroatoms. The summed E-state index contributed by atoms with van der Waals surface area (Å²) in [4.78, 5) is 0. The molecule has 68 valence electrons. The van der Waals surface area contributed by atoms with Gasteiger partial charge in [-0.2, -0.15) is 0 Å². The van der Waals surface area contributed by atoms with Crippen molar-refractivity contribution in [2.45, 2.75) is 38.7 Å². The Kier molecular flexibility index (Phi) is 4.63. The van der Waals surface area contributed by atoms with Crippen LogP contribution in [0, 0.1) is 12.0 Å². The van der Waals surface area contributed by atoms with Crippen molar-refractivity contribution in [3.8, 4) is 12.0 Å². The molecule has 1 fully saturated rings. The van der Waals surface area contributed by atoms with Crippen LogP contribution in [-0.2, 0) is 9.47 Å². The molecule has 1 atom stereocenters. The second-order valence-electron chi connectivity index (χ2n) is 2.99. The third-order valence-corrected chi connectivity index (χ3v) is 1.79. The smallest absolute Gasteiger partial charge is 0.134 e. The van der Waals surface area contributed by atoms with Gasteiger partial charge in [-0.25, -0.2) is 0 Å². The van der Waals surface area contributed by atoms with Gasteiger partial charge in [0.25, 0.3) is 0 Å². The highest BCUT2D eigenvalue weighted by atomic mass is 16.5. The molecule has 0 aliphatic carbocycles. The van der Waals surface area contributed by atoms with Crippen LogP contribution in [0.2, 0.25) is 0 Å². The van der Waals surface area contributed by atoms with E-state index in [2.05, 4.69) is 19.0 Å². The molecule has 0 N–H and O–H groups in total. The van der Waals surface area contributed by atoms with Gasteiger partial charge in [-0.15, -0.1) is 0 Å². The molecule has 0 radical (unpaired) electrons. The molecule has 0 aromatic rings. The monoisotopic (exact) mass is 168 g/mol. The molecule has 1 aliphatic heterocycles. The number of ether oxygens (including phenoxy) is 2. The quantitative estimate of drug-likeness (QED) is 0.587. The van der Waals surface area contributed by atoms with E-state index in [9.17, 15) is 0 Å². The molecule has 0 spiro atoms. The number of rotatable bonds is 2. The van der Waals surface area contributed by atoms with Gasteiger partial charge in [0.05, 0.1) is 6.61 Å². The van der Waals surface area contributed by atoms with Crippen LogP contribution in [0.15, 0.2) is 0 Å². The Labute approximate surface area is 74.2 Å². The Bertz CT molecular complexity index is 160. The van der Waals surface area contributed by atoms with Crippen molar-refractivity contribution in [1.82, 2.24) is 0 Å². The first-order chi connectivity index (χ1) is 5.93. The van der Waals surface area contributed by atoms with Crippen LogP contribution in [0.3, 0.4) is 0 Å². The molecule has 0 bridgehead atoms. The van der Waals surface area contributed by atoms with E-state index in [0.717, 1.165) is 32.3 Å². The van der Waals surface area contributed by atoms with Gasteiger partial charge in [0, 0.05) is 13.0 Å². The lowest BCUT2D eigenvalue weighted by molar-refractivity contribution is -0.00575. The highest BCUT2D eigenvalue weighted by molar-refractivity contribution is 4.91. The SMILES string of the molecule is CCCC#COC1CCCOC1. The van der Waals surface area contributed by atoms with E-state index in [-0.39, 0.29) is 6.10 Å². The van der Waals surface area contributed by atoms with Crippen molar-refractivity contribution < 1.29 is 9.47 Å². The average molecular weight is 168 g/mol. The zero-order chi connectivity index (χ0) is 8.65. The molecule has 0 amide bonds. The maximum atomic E-state index is 5.30. The molecular formula is C10H16O2. The van der Waals surface area contributed by atoms with Gasteiger partial charge in [0.15, 0.2) is 0 Å². The molecule has 2 nitrogen and oxygen atoms in total. The van der Waals surface area contributed by atoms with Crippen LogP contribution in [0.25, 0.3) is 0 Å². The summed E-state index contributed by atoms with van der Waals surface area (Å²) in [5.74, 6) is 2.95. The van der Waals surface area contributed by atoms with E-state index in [1.54, 1.807) is 0 Å². The Morgan fingerprint density at radius 2 is 2.50 bits per heavy atom. The summed E-state index contributed by atoms with van der Waals surface area (Å²) in [7, 11) is 0. The van der Waals surface area contributed by atoms with Crippen LogP contribution in [-0.4, -0.2) is 19.3 Å². The van der Waals surface area contributed by atoms with Crippen molar-refractivity contribution in [2.24, 2.45) is 0 Å². The summed E-state index contributed by atoms with van der Waals surface area (Å²) in [6.07, 6.45) is 7.14. The lowest BCUT2D eigenvalue weighted by atomic mass is 10.2. The predicted molar refractivity (Wildman–Crippen MR) is 47.6 cm³/mol. The number of unbranched alkanes of at least 4 members (excludes halogenated alkanes) is 1. The summed E-state index contributed by atoms with van der Waals surface area (Å²) in [5, 5.41) is 0. The minimum absolute atomic E-state index is 0.211. The minimum Gasteiger partial charge on any atom is -0.441 e. The molecular weight excluding hydrogens is 152 g/mol. The summed E-state index contributed by atoms with van der Waals surface area (Å²) in [6, 6.07) is 0. The van der Waals surface area contributed by atoms with Gasteiger partial charge >= 0.3 is 0 Å². The highest BCUT2D eigenvalue weighted by Gasteiger charge is 2.13. The molecule has 0 aromatic carbocycles. The largest absolute Gasteiger partial charge is 0.441 e. The first-order valence-corrected chi connectivity index (χ1v) is 4.64. The lowest BCUT2D eigenvalue weighted by Crippen LogP contribution is -2.23. The zero-order valence-corrected chi connectivity index (χ0v) is 7.64.